The van der Waals surface area contributed by atoms with Crippen LogP contribution < -0.4 is 15.4 Å². The highest BCUT2D eigenvalue weighted by atomic mass is 32.2. The topological polar surface area (TPSA) is 108 Å². The summed E-state index contributed by atoms with van der Waals surface area (Å²) in [7, 11) is 0. The lowest BCUT2D eigenvalue weighted by Crippen LogP contribution is -2.61. The van der Waals surface area contributed by atoms with Gasteiger partial charge >= 0.3 is 0 Å². The van der Waals surface area contributed by atoms with Gasteiger partial charge in [0.15, 0.2) is 0 Å². The van der Waals surface area contributed by atoms with Crippen LogP contribution in [0.15, 0.2) is 24.3 Å². The van der Waals surface area contributed by atoms with Crippen molar-refractivity contribution in [3.63, 3.8) is 0 Å². The molecule has 3 N–H and O–H groups in total. The maximum absolute atomic E-state index is 14.2. The lowest BCUT2D eigenvalue weighted by Gasteiger charge is -2.41. The summed E-state index contributed by atoms with van der Waals surface area (Å²) < 4.78 is 4.77. The summed E-state index contributed by atoms with van der Waals surface area (Å²) in [5.74, 6) is -1.05. The zero-order valence-electron chi connectivity index (χ0n) is 22.9. The Kier molecular flexibility index (Phi) is 7.60. The van der Waals surface area contributed by atoms with Crippen molar-refractivity contribution in [1.29, 1.82) is 0 Å². The normalized spacial score (nSPS) is 31.4. The van der Waals surface area contributed by atoms with Crippen molar-refractivity contribution in [1.82, 2.24) is 10.2 Å². The Morgan fingerprint density at radius 1 is 1.22 bits per heavy atom. The van der Waals surface area contributed by atoms with Crippen LogP contribution in [-0.4, -0.2) is 68.6 Å². The van der Waals surface area contributed by atoms with E-state index in [4.69, 9.17) is 4.74 Å². The fourth-order valence-electron chi connectivity index (χ4n) is 6.50. The summed E-state index contributed by atoms with van der Waals surface area (Å²) in [5.41, 5.74) is 0.158. The van der Waals surface area contributed by atoms with Crippen LogP contribution in [0.1, 0.15) is 54.9 Å². The first-order valence-electron chi connectivity index (χ1n) is 13.3. The van der Waals surface area contributed by atoms with Gasteiger partial charge in [0.05, 0.1) is 35.8 Å². The second-order valence-electron chi connectivity index (χ2n) is 12.0. The zero-order chi connectivity index (χ0) is 27.3. The molecule has 204 valence electrons. The molecule has 4 rings (SSSR count). The third-order valence-electron chi connectivity index (χ3n) is 7.98. The highest BCUT2D eigenvalue weighted by Gasteiger charge is 2.76. The Labute approximate surface area is 224 Å². The number of anilines is 1. The van der Waals surface area contributed by atoms with Crippen molar-refractivity contribution in [2.45, 2.75) is 82.5 Å². The van der Waals surface area contributed by atoms with Crippen LogP contribution in [0.3, 0.4) is 0 Å². The smallest absolute Gasteiger partial charge is 0.244 e. The Morgan fingerprint density at radius 3 is 2.41 bits per heavy atom. The molecule has 0 saturated carbocycles. The number of aliphatic hydroxyl groups excluding tert-OH is 1. The molecule has 1 aromatic carbocycles. The van der Waals surface area contributed by atoms with E-state index in [1.165, 1.54) is 0 Å². The number of carbonyl (C=O) groups excluding carboxylic acids is 3. The highest BCUT2D eigenvalue weighted by Crippen LogP contribution is 2.69. The van der Waals surface area contributed by atoms with E-state index in [-0.39, 0.29) is 41.4 Å². The van der Waals surface area contributed by atoms with E-state index in [9.17, 15) is 19.5 Å². The molecule has 3 amide bonds. The number of nitrogens with zero attached hydrogens (tertiary/aromatic N) is 1. The second kappa shape index (κ2) is 10.1. The maximum Gasteiger partial charge on any atom is 0.244 e. The van der Waals surface area contributed by atoms with Crippen LogP contribution in [0.5, 0.6) is 5.75 Å². The number of benzene rings is 1. The van der Waals surface area contributed by atoms with Gasteiger partial charge in [-0.15, -0.1) is 11.8 Å². The average Bonchev–Trinajstić information content (AvgIpc) is 3.38. The minimum atomic E-state index is -0.753. The number of rotatable bonds is 8. The monoisotopic (exact) mass is 531 g/mol. The first kappa shape index (κ1) is 27.8. The van der Waals surface area contributed by atoms with Gasteiger partial charge in [0, 0.05) is 16.5 Å². The van der Waals surface area contributed by atoms with Gasteiger partial charge in [-0.1, -0.05) is 20.8 Å². The zero-order valence-corrected chi connectivity index (χ0v) is 23.7. The van der Waals surface area contributed by atoms with Crippen molar-refractivity contribution in [2.24, 2.45) is 23.7 Å². The molecule has 3 fully saturated rings. The van der Waals surface area contributed by atoms with Crippen LogP contribution in [-0.2, 0) is 14.4 Å². The minimum absolute atomic E-state index is 0.0506. The number of hydrogen-bond donors (Lipinski definition) is 3. The molecule has 2 bridgehead atoms. The van der Waals surface area contributed by atoms with E-state index >= 15 is 0 Å². The van der Waals surface area contributed by atoms with Crippen molar-refractivity contribution >= 4 is 35.2 Å². The van der Waals surface area contributed by atoms with Crippen molar-refractivity contribution < 1.29 is 24.2 Å². The highest BCUT2D eigenvalue weighted by molar-refractivity contribution is 8.02. The fourth-order valence-corrected chi connectivity index (χ4v) is 8.91. The minimum Gasteiger partial charge on any atom is -0.494 e. The lowest BCUT2D eigenvalue weighted by molar-refractivity contribution is -0.143. The summed E-state index contributed by atoms with van der Waals surface area (Å²) in [6, 6.07) is 5.95. The van der Waals surface area contributed by atoms with E-state index in [1.54, 1.807) is 28.8 Å². The average molecular weight is 532 g/mol. The van der Waals surface area contributed by atoms with Gasteiger partial charge in [0.25, 0.3) is 0 Å². The molecule has 9 heteroatoms. The molecule has 3 aliphatic rings. The van der Waals surface area contributed by atoms with Crippen LogP contribution in [0, 0.1) is 23.7 Å². The molecule has 1 spiro atoms. The summed E-state index contributed by atoms with van der Waals surface area (Å²) in [5, 5.41) is 16.4. The predicted molar refractivity (Wildman–Crippen MR) is 145 cm³/mol. The number of thioether (sulfide) groups is 1. The quantitative estimate of drug-likeness (QED) is 0.475. The molecule has 8 nitrogen and oxygen atoms in total. The lowest BCUT2D eigenvalue weighted by atomic mass is 9.65. The van der Waals surface area contributed by atoms with Gasteiger partial charge in [-0.05, 0) is 70.2 Å². The number of ether oxygens (including phenoxy) is 1. The Hall–Kier alpha value is -2.26. The second-order valence-corrected chi connectivity index (χ2v) is 13.5. The van der Waals surface area contributed by atoms with Crippen LogP contribution >= 0.6 is 11.8 Å². The summed E-state index contributed by atoms with van der Waals surface area (Å²) in [6.45, 7) is 14.0. The van der Waals surface area contributed by atoms with Gasteiger partial charge in [0.2, 0.25) is 17.7 Å². The molecule has 3 heterocycles. The Bertz CT molecular complexity index is 1040. The standard InChI is InChI=1S/C28H41N3O5S/c1-8-36-18-11-9-17(10-12-18)29-24(33)21-20-13-16(4)28(37-20)22(21)26(35)31(19(14-32)15(2)3)23(28)25(34)30-27(5,6)7/h9-12,15-16,19-23,32H,8,13-14H2,1-7H3,(H,29,33)(H,30,34)/t16?,19-,20-,21+,22-,23?,28?/m0/s1. The van der Waals surface area contributed by atoms with Crippen LogP contribution in [0.2, 0.25) is 0 Å². The van der Waals surface area contributed by atoms with E-state index in [2.05, 4.69) is 17.6 Å². The van der Waals surface area contributed by atoms with Gasteiger partial charge in [-0.25, -0.2) is 0 Å². The molecule has 37 heavy (non-hydrogen) atoms. The number of carbonyl (C=O) groups is 3. The van der Waals surface area contributed by atoms with Gasteiger partial charge in [-0.3, -0.25) is 14.4 Å². The van der Waals surface area contributed by atoms with E-state index in [0.29, 0.717) is 12.3 Å². The van der Waals surface area contributed by atoms with E-state index < -0.39 is 34.2 Å². The number of amides is 3. The van der Waals surface area contributed by atoms with Crippen LogP contribution in [0.25, 0.3) is 0 Å². The molecule has 0 aromatic heterocycles. The molecule has 3 aliphatic heterocycles. The molecule has 0 radical (unpaired) electrons. The van der Waals surface area contributed by atoms with Gasteiger partial charge in [0.1, 0.15) is 11.8 Å². The third kappa shape index (κ3) is 4.73. The van der Waals surface area contributed by atoms with E-state index in [0.717, 1.165) is 12.2 Å². The molecule has 7 atom stereocenters. The Morgan fingerprint density at radius 2 is 1.86 bits per heavy atom. The maximum atomic E-state index is 14.2. The Balaban J connectivity index is 1.71. The van der Waals surface area contributed by atoms with E-state index in [1.807, 2.05) is 53.7 Å². The first-order chi connectivity index (χ1) is 17.4. The largest absolute Gasteiger partial charge is 0.494 e. The molecular formula is C28H41N3O5S. The number of nitrogens with one attached hydrogen (secondary N) is 2. The van der Waals surface area contributed by atoms with Crippen molar-refractivity contribution in [3.8, 4) is 5.75 Å². The number of hydrogen-bond acceptors (Lipinski definition) is 6. The van der Waals surface area contributed by atoms with Crippen LogP contribution in [0.4, 0.5) is 5.69 Å². The SMILES string of the molecule is CCOc1ccc(NC(=O)[C@@H]2[C@@H]3CC(C)C4(S3)C(C(=O)NC(C)(C)C)N([C@@H](CO)C(C)C)C(=O)[C@H]24)cc1. The van der Waals surface area contributed by atoms with Crippen molar-refractivity contribution in [3.05, 3.63) is 24.3 Å². The predicted octanol–water partition coefficient (Wildman–Crippen LogP) is 3.29. The molecular weight excluding hydrogens is 490 g/mol. The number of fused-ring (bicyclic) bond motifs is 1. The molecule has 0 aliphatic carbocycles. The summed E-state index contributed by atoms with van der Waals surface area (Å²) in [6.07, 6.45) is 0.758. The molecule has 3 unspecified atom stereocenters. The van der Waals surface area contributed by atoms with Gasteiger partial charge in [-0.2, -0.15) is 0 Å². The summed E-state index contributed by atoms with van der Waals surface area (Å²) in [4.78, 5) is 43.4. The molecule has 3 saturated heterocycles. The fraction of sp³-hybridized carbons (Fsp3) is 0.679. The van der Waals surface area contributed by atoms with Gasteiger partial charge < -0.3 is 25.4 Å². The summed E-state index contributed by atoms with van der Waals surface area (Å²) >= 11 is 1.64. The first-order valence-corrected chi connectivity index (χ1v) is 14.2. The van der Waals surface area contributed by atoms with Crippen molar-refractivity contribution in [2.75, 3.05) is 18.5 Å². The number of aliphatic hydroxyl groups is 1. The molecule has 1 aromatic rings. The third-order valence-corrected chi connectivity index (χ3v) is 10.1. The number of likely N-dealkylation sites (tertiary alicyclic amines) is 1.